The largest absolute Gasteiger partial charge is 0.381 e. The Kier molecular flexibility index (Phi) is 1.93. The van der Waals surface area contributed by atoms with Gasteiger partial charge in [-0.1, -0.05) is 13.8 Å². The minimum absolute atomic E-state index is 0.426. The highest BCUT2D eigenvalue weighted by Crippen LogP contribution is 2.72. The van der Waals surface area contributed by atoms with Gasteiger partial charge in [0.2, 0.25) is 0 Å². The van der Waals surface area contributed by atoms with Crippen molar-refractivity contribution in [2.75, 3.05) is 19.1 Å². The van der Waals surface area contributed by atoms with Gasteiger partial charge >= 0.3 is 0 Å². The van der Waals surface area contributed by atoms with Gasteiger partial charge in [-0.15, -0.1) is 11.6 Å². The lowest BCUT2D eigenvalue weighted by Gasteiger charge is -2.25. The molecule has 0 aromatic rings. The summed E-state index contributed by atoms with van der Waals surface area (Å²) >= 11 is 5.95. The average molecular weight is 189 g/mol. The molecule has 70 valence electrons. The van der Waals surface area contributed by atoms with Crippen molar-refractivity contribution in [2.45, 2.75) is 26.7 Å². The molecule has 0 aromatic heterocycles. The minimum atomic E-state index is 0.426. The van der Waals surface area contributed by atoms with Crippen LogP contribution < -0.4 is 0 Å². The summed E-state index contributed by atoms with van der Waals surface area (Å²) in [6.07, 6.45) is 2.54. The highest BCUT2D eigenvalue weighted by Gasteiger charge is 2.69. The van der Waals surface area contributed by atoms with Crippen molar-refractivity contribution >= 4 is 11.6 Å². The van der Waals surface area contributed by atoms with Crippen LogP contribution in [0.2, 0.25) is 0 Å². The summed E-state index contributed by atoms with van der Waals surface area (Å²) in [5, 5.41) is 0. The second-order valence-electron chi connectivity index (χ2n) is 4.74. The predicted molar refractivity (Wildman–Crippen MR) is 50.5 cm³/mol. The Hall–Kier alpha value is 0.250. The fourth-order valence-corrected chi connectivity index (χ4v) is 3.68. The first-order chi connectivity index (χ1) is 5.65. The van der Waals surface area contributed by atoms with Gasteiger partial charge in [-0.05, 0) is 24.2 Å². The molecule has 0 bridgehead atoms. The van der Waals surface area contributed by atoms with Gasteiger partial charge in [0.15, 0.2) is 0 Å². The quantitative estimate of drug-likeness (QED) is 0.575. The fourth-order valence-electron chi connectivity index (χ4n) is 3.00. The highest BCUT2D eigenvalue weighted by molar-refractivity contribution is 6.18. The number of alkyl halides is 1. The molecule has 1 spiro atoms. The van der Waals surface area contributed by atoms with Crippen molar-refractivity contribution in [3.05, 3.63) is 0 Å². The Labute approximate surface area is 79.4 Å². The van der Waals surface area contributed by atoms with Crippen molar-refractivity contribution in [3.8, 4) is 0 Å². The molecule has 2 unspecified atom stereocenters. The van der Waals surface area contributed by atoms with E-state index in [0.29, 0.717) is 16.7 Å². The number of ether oxygens (including phenoxy) is 1. The summed E-state index contributed by atoms with van der Waals surface area (Å²) in [5.41, 5.74) is 0.863. The molecule has 0 amide bonds. The summed E-state index contributed by atoms with van der Waals surface area (Å²) in [6.45, 7) is 6.55. The third kappa shape index (κ3) is 0.898. The van der Waals surface area contributed by atoms with Crippen molar-refractivity contribution < 1.29 is 4.74 Å². The van der Waals surface area contributed by atoms with Crippen LogP contribution in [0.1, 0.15) is 26.7 Å². The highest BCUT2D eigenvalue weighted by atomic mass is 35.5. The predicted octanol–water partition coefficient (Wildman–Crippen LogP) is 2.68. The molecule has 0 radical (unpaired) electrons. The van der Waals surface area contributed by atoms with Gasteiger partial charge in [-0.25, -0.2) is 0 Å². The second kappa shape index (κ2) is 2.62. The lowest BCUT2D eigenvalue weighted by molar-refractivity contribution is 0.0245. The van der Waals surface area contributed by atoms with Gasteiger partial charge in [0.1, 0.15) is 0 Å². The topological polar surface area (TPSA) is 9.23 Å². The maximum Gasteiger partial charge on any atom is 0.0530 e. The summed E-state index contributed by atoms with van der Waals surface area (Å²) in [7, 11) is 0. The normalized spacial score (nSPS) is 44.8. The molecule has 0 N–H and O–H groups in total. The molecule has 2 fully saturated rings. The Morgan fingerprint density at radius 2 is 2.25 bits per heavy atom. The van der Waals surface area contributed by atoms with Gasteiger partial charge in [-0.3, -0.25) is 0 Å². The van der Waals surface area contributed by atoms with E-state index >= 15 is 0 Å². The van der Waals surface area contributed by atoms with Gasteiger partial charge in [0.05, 0.1) is 6.61 Å². The van der Waals surface area contributed by atoms with Gasteiger partial charge < -0.3 is 4.74 Å². The smallest absolute Gasteiger partial charge is 0.0530 e. The molecule has 1 saturated carbocycles. The monoisotopic (exact) mass is 188 g/mol. The summed E-state index contributed by atoms with van der Waals surface area (Å²) in [5.74, 6) is 1.49. The van der Waals surface area contributed by atoms with Gasteiger partial charge in [-0.2, -0.15) is 0 Å². The first-order valence-electron chi connectivity index (χ1n) is 4.79. The van der Waals surface area contributed by atoms with E-state index in [1.54, 1.807) is 0 Å². The van der Waals surface area contributed by atoms with Crippen molar-refractivity contribution in [3.63, 3.8) is 0 Å². The van der Waals surface area contributed by atoms with Crippen LogP contribution in [0.3, 0.4) is 0 Å². The molecule has 0 aromatic carbocycles. The average Bonchev–Trinajstić information content (AvgIpc) is 2.49. The van der Waals surface area contributed by atoms with E-state index < -0.39 is 0 Å². The lowest BCUT2D eigenvalue weighted by atomic mass is 9.90. The molecule has 1 saturated heterocycles. The summed E-state index contributed by atoms with van der Waals surface area (Å²) in [4.78, 5) is 0. The summed E-state index contributed by atoms with van der Waals surface area (Å²) < 4.78 is 5.56. The zero-order chi connectivity index (χ0) is 8.82. The van der Waals surface area contributed by atoms with Crippen LogP contribution >= 0.6 is 11.6 Å². The Morgan fingerprint density at radius 1 is 1.50 bits per heavy atom. The fraction of sp³-hybridized carbons (Fsp3) is 1.00. The molecule has 1 heterocycles. The van der Waals surface area contributed by atoms with E-state index in [1.165, 1.54) is 12.8 Å². The molecule has 2 atom stereocenters. The standard InChI is InChI=1S/C10H17ClO/c1-9(2)8(6-11)10(9)4-3-5-12-7-10/h8H,3-7H2,1-2H3. The molecular formula is C10H17ClO. The summed E-state index contributed by atoms with van der Waals surface area (Å²) in [6, 6.07) is 0. The Morgan fingerprint density at radius 3 is 2.67 bits per heavy atom. The molecular weight excluding hydrogens is 172 g/mol. The first-order valence-corrected chi connectivity index (χ1v) is 5.32. The number of halogens is 1. The molecule has 2 rings (SSSR count). The first kappa shape index (κ1) is 8.83. The molecule has 2 heteroatoms. The number of rotatable bonds is 1. The minimum Gasteiger partial charge on any atom is -0.381 e. The Bertz CT molecular complexity index is 182. The van der Waals surface area contributed by atoms with Crippen LogP contribution in [0.5, 0.6) is 0 Å². The van der Waals surface area contributed by atoms with Gasteiger partial charge in [0, 0.05) is 17.9 Å². The van der Waals surface area contributed by atoms with E-state index in [1.807, 2.05) is 0 Å². The van der Waals surface area contributed by atoms with Crippen LogP contribution in [0, 0.1) is 16.7 Å². The van der Waals surface area contributed by atoms with Crippen LogP contribution in [-0.4, -0.2) is 19.1 Å². The van der Waals surface area contributed by atoms with Crippen molar-refractivity contribution in [1.29, 1.82) is 0 Å². The van der Waals surface area contributed by atoms with E-state index in [9.17, 15) is 0 Å². The molecule has 1 nitrogen and oxygen atoms in total. The van der Waals surface area contributed by atoms with E-state index in [0.717, 1.165) is 19.1 Å². The van der Waals surface area contributed by atoms with Crippen LogP contribution in [0.25, 0.3) is 0 Å². The van der Waals surface area contributed by atoms with E-state index in [2.05, 4.69) is 13.8 Å². The number of hydrogen-bond donors (Lipinski definition) is 0. The Balaban J connectivity index is 2.12. The third-order valence-electron chi connectivity index (χ3n) is 4.16. The lowest BCUT2D eigenvalue weighted by Crippen LogP contribution is -2.23. The SMILES string of the molecule is CC1(C)C(CCl)C12CCCOC2. The molecule has 2 aliphatic rings. The van der Waals surface area contributed by atoms with Crippen molar-refractivity contribution in [2.24, 2.45) is 16.7 Å². The number of hydrogen-bond acceptors (Lipinski definition) is 1. The zero-order valence-electron chi connectivity index (χ0n) is 7.90. The van der Waals surface area contributed by atoms with Crippen LogP contribution in [0.4, 0.5) is 0 Å². The van der Waals surface area contributed by atoms with Gasteiger partial charge in [0.25, 0.3) is 0 Å². The maximum absolute atomic E-state index is 5.95. The molecule has 1 aliphatic carbocycles. The third-order valence-corrected chi connectivity index (χ3v) is 4.47. The van der Waals surface area contributed by atoms with E-state index in [-0.39, 0.29) is 0 Å². The van der Waals surface area contributed by atoms with Crippen molar-refractivity contribution in [1.82, 2.24) is 0 Å². The second-order valence-corrected chi connectivity index (χ2v) is 5.05. The zero-order valence-corrected chi connectivity index (χ0v) is 8.66. The van der Waals surface area contributed by atoms with Crippen LogP contribution in [0.15, 0.2) is 0 Å². The molecule has 1 aliphatic heterocycles. The van der Waals surface area contributed by atoms with E-state index in [4.69, 9.17) is 16.3 Å². The molecule has 12 heavy (non-hydrogen) atoms. The van der Waals surface area contributed by atoms with Crippen LogP contribution in [-0.2, 0) is 4.74 Å². The maximum atomic E-state index is 5.95.